The van der Waals surface area contributed by atoms with Crippen LogP contribution in [0.25, 0.3) is 10.2 Å². The highest BCUT2D eigenvalue weighted by atomic mass is 35.5. The molecule has 1 unspecified atom stereocenters. The van der Waals surface area contributed by atoms with Gasteiger partial charge in [0.05, 0.1) is 27.4 Å². The van der Waals surface area contributed by atoms with Gasteiger partial charge in [0.2, 0.25) is 5.95 Å². The molecule has 0 spiro atoms. The van der Waals surface area contributed by atoms with E-state index in [1.54, 1.807) is 24.4 Å². The van der Waals surface area contributed by atoms with Crippen LogP contribution in [-0.2, 0) is 4.74 Å². The molecule has 9 heteroatoms. The summed E-state index contributed by atoms with van der Waals surface area (Å²) in [4.78, 5) is 28.1. The van der Waals surface area contributed by atoms with E-state index in [1.165, 1.54) is 11.3 Å². The summed E-state index contributed by atoms with van der Waals surface area (Å²) in [7, 11) is 1.68. The van der Waals surface area contributed by atoms with Gasteiger partial charge < -0.3 is 15.0 Å². The topological polar surface area (TPSA) is 80.2 Å². The van der Waals surface area contributed by atoms with Crippen LogP contribution in [-0.4, -0.2) is 52.1 Å². The minimum absolute atomic E-state index is 0.0811. The van der Waals surface area contributed by atoms with Crippen LogP contribution >= 0.6 is 22.9 Å². The summed E-state index contributed by atoms with van der Waals surface area (Å²) >= 11 is 7.51. The predicted molar refractivity (Wildman–Crippen MR) is 110 cm³/mol. The number of thiophene rings is 1. The van der Waals surface area contributed by atoms with E-state index in [4.69, 9.17) is 16.3 Å². The molecule has 1 aliphatic rings. The molecule has 0 aromatic carbocycles. The lowest BCUT2D eigenvalue weighted by Gasteiger charge is -2.18. The highest BCUT2D eigenvalue weighted by Crippen LogP contribution is 2.27. The highest BCUT2D eigenvalue weighted by Gasteiger charge is 2.29. The Bertz CT molecular complexity index is 1010. The van der Waals surface area contributed by atoms with E-state index in [-0.39, 0.29) is 18.1 Å². The molecular formula is C19H20ClN5O2S. The van der Waals surface area contributed by atoms with Crippen molar-refractivity contribution in [1.29, 1.82) is 0 Å². The number of pyridine rings is 1. The first-order chi connectivity index (χ1) is 13.5. The highest BCUT2D eigenvalue weighted by molar-refractivity contribution is 7.17. The second kappa shape index (κ2) is 7.98. The van der Waals surface area contributed by atoms with Crippen LogP contribution < -0.4 is 5.32 Å². The molecule has 0 bridgehead atoms. The summed E-state index contributed by atoms with van der Waals surface area (Å²) in [5.41, 5.74) is 2.09. The summed E-state index contributed by atoms with van der Waals surface area (Å²) in [5.74, 6) is 0.318. The van der Waals surface area contributed by atoms with Gasteiger partial charge in [-0.1, -0.05) is 11.6 Å². The fraction of sp³-hybridized carbons (Fsp3) is 0.368. The maximum Gasteiger partial charge on any atom is 0.274 e. The number of nitrogens with zero attached hydrogens (tertiary/aromatic N) is 4. The second-order valence-corrected chi connectivity index (χ2v) is 8.08. The van der Waals surface area contributed by atoms with Crippen molar-refractivity contribution in [2.24, 2.45) is 0 Å². The molecule has 4 rings (SSSR count). The standard InChI is InChI=1S/C19H20ClN5O2S/c1-11(12-7-13(20)9-21-8-12)22-19-23-15-4-6-28-17(15)16(24-19)18(26)25-5-3-14(10-25)27-2/h4,6-9,11,14H,3,5,10H2,1-2H3,(H,22,23,24)/t11?,14-/m1/s1. The van der Waals surface area contributed by atoms with Gasteiger partial charge in [0.25, 0.3) is 5.91 Å². The molecule has 1 N–H and O–H groups in total. The van der Waals surface area contributed by atoms with Crippen LogP contribution in [0.3, 0.4) is 0 Å². The molecule has 3 aromatic heterocycles. The van der Waals surface area contributed by atoms with E-state index in [0.717, 1.165) is 22.2 Å². The predicted octanol–water partition coefficient (Wildman–Crippen LogP) is 3.77. The number of carbonyl (C=O) groups is 1. The van der Waals surface area contributed by atoms with Crippen LogP contribution in [0.1, 0.15) is 35.4 Å². The van der Waals surface area contributed by atoms with Gasteiger partial charge in [-0.15, -0.1) is 11.3 Å². The minimum atomic E-state index is -0.116. The number of methoxy groups -OCH3 is 1. The van der Waals surface area contributed by atoms with Crippen molar-refractivity contribution in [2.45, 2.75) is 25.5 Å². The first-order valence-corrected chi connectivity index (χ1v) is 10.2. The van der Waals surface area contributed by atoms with Crippen LogP contribution in [0.2, 0.25) is 5.02 Å². The van der Waals surface area contributed by atoms with Crippen molar-refractivity contribution in [1.82, 2.24) is 19.9 Å². The number of amides is 1. The molecular weight excluding hydrogens is 398 g/mol. The van der Waals surface area contributed by atoms with Crippen LogP contribution in [0, 0.1) is 0 Å². The summed E-state index contributed by atoms with van der Waals surface area (Å²) in [6.07, 6.45) is 4.25. The van der Waals surface area contributed by atoms with Crippen LogP contribution in [0.5, 0.6) is 0 Å². The molecule has 1 aliphatic heterocycles. The Morgan fingerprint density at radius 3 is 3.04 bits per heavy atom. The fourth-order valence-electron chi connectivity index (χ4n) is 3.27. The smallest absolute Gasteiger partial charge is 0.274 e. The molecule has 1 amide bonds. The zero-order valence-corrected chi connectivity index (χ0v) is 17.1. The quantitative estimate of drug-likeness (QED) is 0.680. The van der Waals surface area contributed by atoms with E-state index in [2.05, 4.69) is 20.3 Å². The Balaban J connectivity index is 1.63. The first-order valence-electron chi connectivity index (χ1n) is 8.99. The second-order valence-electron chi connectivity index (χ2n) is 6.73. The Hall–Kier alpha value is -2.29. The molecule has 28 heavy (non-hydrogen) atoms. The molecule has 0 aliphatic carbocycles. The summed E-state index contributed by atoms with van der Waals surface area (Å²) in [5, 5.41) is 5.75. The molecule has 146 valence electrons. The number of halogens is 1. The number of carbonyl (C=O) groups excluding carboxylic acids is 1. The third kappa shape index (κ3) is 3.80. The molecule has 3 aromatic rings. The minimum Gasteiger partial charge on any atom is -0.380 e. The lowest BCUT2D eigenvalue weighted by molar-refractivity contribution is 0.0721. The van der Waals surface area contributed by atoms with E-state index in [9.17, 15) is 4.79 Å². The number of rotatable bonds is 5. The summed E-state index contributed by atoms with van der Waals surface area (Å²) < 4.78 is 6.18. The first kappa shape index (κ1) is 19.0. The van der Waals surface area contributed by atoms with E-state index in [1.807, 2.05) is 24.4 Å². The van der Waals surface area contributed by atoms with Crippen molar-refractivity contribution in [3.8, 4) is 0 Å². The van der Waals surface area contributed by atoms with Gasteiger partial charge in [-0.05, 0) is 36.4 Å². The lowest BCUT2D eigenvalue weighted by Crippen LogP contribution is -2.31. The van der Waals surface area contributed by atoms with Crippen molar-refractivity contribution >= 4 is 45.0 Å². The zero-order chi connectivity index (χ0) is 19.7. The number of nitrogens with one attached hydrogen (secondary N) is 1. The number of anilines is 1. The molecule has 1 saturated heterocycles. The fourth-order valence-corrected chi connectivity index (χ4v) is 4.26. The van der Waals surface area contributed by atoms with Gasteiger partial charge in [-0.3, -0.25) is 9.78 Å². The van der Waals surface area contributed by atoms with Crippen molar-refractivity contribution in [3.05, 3.63) is 46.2 Å². The molecule has 4 heterocycles. The molecule has 0 saturated carbocycles. The number of aromatic nitrogens is 3. The Labute approximate surface area is 171 Å². The van der Waals surface area contributed by atoms with Gasteiger partial charge >= 0.3 is 0 Å². The molecule has 1 fully saturated rings. The average Bonchev–Trinajstić information content (AvgIpc) is 3.36. The van der Waals surface area contributed by atoms with Crippen molar-refractivity contribution in [3.63, 3.8) is 0 Å². The Morgan fingerprint density at radius 2 is 2.29 bits per heavy atom. The van der Waals surface area contributed by atoms with Gasteiger partial charge in [0.1, 0.15) is 0 Å². The van der Waals surface area contributed by atoms with Crippen LogP contribution in [0.4, 0.5) is 5.95 Å². The molecule has 7 nitrogen and oxygen atoms in total. The SMILES string of the molecule is CO[C@@H]1CCN(C(=O)c2nc(NC(C)c3cncc(Cl)c3)nc3ccsc23)C1. The maximum absolute atomic E-state index is 13.1. The monoisotopic (exact) mass is 417 g/mol. The number of fused-ring (bicyclic) bond motifs is 1. The van der Waals surface area contributed by atoms with E-state index >= 15 is 0 Å². The normalized spacial score (nSPS) is 17.8. The molecule has 0 radical (unpaired) electrons. The number of hydrogen-bond acceptors (Lipinski definition) is 7. The van der Waals surface area contributed by atoms with E-state index in [0.29, 0.717) is 29.8 Å². The summed E-state index contributed by atoms with van der Waals surface area (Å²) in [6.45, 7) is 3.22. The van der Waals surface area contributed by atoms with Crippen LogP contribution in [0.15, 0.2) is 29.9 Å². The zero-order valence-electron chi connectivity index (χ0n) is 15.6. The van der Waals surface area contributed by atoms with Crippen molar-refractivity contribution < 1.29 is 9.53 Å². The largest absolute Gasteiger partial charge is 0.380 e. The number of hydrogen-bond donors (Lipinski definition) is 1. The maximum atomic E-state index is 13.1. The Morgan fingerprint density at radius 1 is 1.43 bits per heavy atom. The molecule has 2 atom stereocenters. The summed E-state index contributed by atoms with van der Waals surface area (Å²) in [6, 6.07) is 3.63. The third-order valence-corrected chi connectivity index (χ3v) is 5.96. The lowest BCUT2D eigenvalue weighted by atomic mass is 10.1. The van der Waals surface area contributed by atoms with Gasteiger partial charge in [0, 0.05) is 32.6 Å². The number of ether oxygens (including phenoxy) is 1. The van der Waals surface area contributed by atoms with Gasteiger partial charge in [-0.2, -0.15) is 0 Å². The third-order valence-electron chi connectivity index (χ3n) is 4.84. The van der Waals surface area contributed by atoms with Gasteiger partial charge in [-0.25, -0.2) is 9.97 Å². The Kier molecular flexibility index (Phi) is 5.43. The average molecular weight is 418 g/mol. The van der Waals surface area contributed by atoms with E-state index < -0.39 is 0 Å². The number of likely N-dealkylation sites (tertiary alicyclic amines) is 1. The van der Waals surface area contributed by atoms with Crippen molar-refractivity contribution in [2.75, 3.05) is 25.5 Å². The van der Waals surface area contributed by atoms with Gasteiger partial charge in [0.15, 0.2) is 5.69 Å².